The first-order chi connectivity index (χ1) is 8.93. The van der Waals surface area contributed by atoms with Crippen LogP contribution in [0.3, 0.4) is 0 Å². The Labute approximate surface area is 106 Å². The lowest BCUT2D eigenvalue weighted by molar-refractivity contribution is 0.389. The number of hydrogen-bond acceptors (Lipinski definition) is 4. The van der Waals surface area contributed by atoms with Gasteiger partial charge in [0.05, 0.1) is 12.0 Å². The molecule has 2 atom stereocenters. The second kappa shape index (κ2) is 5.27. The molecule has 1 aliphatic rings. The van der Waals surface area contributed by atoms with Gasteiger partial charge in [-0.2, -0.15) is 0 Å². The van der Waals surface area contributed by atoms with E-state index < -0.39 is 0 Å². The van der Waals surface area contributed by atoms with Crippen LogP contribution in [0.4, 0.5) is 0 Å². The Morgan fingerprint density at radius 1 is 1.22 bits per heavy atom. The second-order valence-corrected chi connectivity index (χ2v) is 4.69. The molecule has 0 aromatic carbocycles. The van der Waals surface area contributed by atoms with Gasteiger partial charge in [-0.05, 0) is 19.3 Å². The number of aromatic nitrogens is 4. The summed E-state index contributed by atoms with van der Waals surface area (Å²) in [6.45, 7) is 0.781. The summed E-state index contributed by atoms with van der Waals surface area (Å²) in [4.78, 5) is 12.5. The van der Waals surface area contributed by atoms with Crippen molar-refractivity contribution in [2.24, 2.45) is 0 Å². The van der Waals surface area contributed by atoms with Gasteiger partial charge in [0.1, 0.15) is 0 Å². The van der Waals surface area contributed by atoms with Crippen molar-refractivity contribution >= 4 is 0 Å². The van der Waals surface area contributed by atoms with Crippen LogP contribution in [-0.2, 0) is 6.54 Å². The molecule has 0 spiro atoms. The minimum atomic E-state index is 0.501. The summed E-state index contributed by atoms with van der Waals surface area (Å²) in [7, 11) is 0. The molecule has 5 nitrogen and oxygen atoms in total. The first-order valence-electron chi connectivity index (χ1n) is 6.39. The zero-order valence-electron chi connectivity index (χ0n) is 10.2. The summed E-state index contributed by atoms with van der Waals surface area (Å²) in [5.41, 5.74) is 0.994. The van der Waals surface area contributed by atoms with Crippen LogP contribution in [-0.4, -0.2) is 25.6 Å². The fourth-order valence-corrected chi connectivity index (χ4v) is 2.66. The maximum Gasteiger partial charge on any atom is 0.0949 e. The highest BCUT2D eigenvalue weighted by Crippen LogP contribution is 2.29. The minimum Gasteiger partial charge on any atom is -0.333 e. The molecular formula is C13H17N5. The molecule has 2 unspecified atom stereocenters. The van der Waals surface area contributed by atoms with Gasteiger partial charge in [-0.1, -0.05) is 0 Å². The van der Waals surface area contributed by atoms with Crippen LogP contribution in [0.5, 0.6) is 0 Å². The molecule has 1 aliphatic carbocycles. The Bertz CT molecular complexity index is 467. The molecule has 1 N–H and O–H groups in total. The molecular weight excluding hydrogens is 226 g/mol. The topological polar surface area (TPSA) is 55.6 Å². The predicted octanol–water partition coefficient (Wildman–Crippen LogP) is 1.56. The van der Waals surface area contributed by atoms with Crippen LogP contribution in [0.25, 0.3) is 0 Å². The lowest BCUT2D eigenvalue weighted by atomic mass is 10.1. The summed E-state index contributed by atoms with van der Waals surface area (Å²) in [6, 6.07) is 1.02. The van der Waals surface area contributed by atoms with Gasteiger partial charge in [-0.15, -0.1) is 0 Å². The lowest BCUT2D eigenvalue weighted by Crippen LogP contribution is -2.33. The van der Waals surface area contributed by atoms with E-state index in [4.69, 9.17) is 0 Å². The third-order valence-electron chi connectivity index (χ3n) is 3.55. The summed E-state index contributed by atoms with van der Waals surface area (Å²) in [5, 5.41) is 3.59. The molecule has 1 fully saturated rings. The molecule has 2 heterocycles. The number of hydrogen-bond donors (Lipinski definition) is 1. The molecule has 18 heavy (non-hydrogen) atoms. The fourth-order valence-electron chi connectivity index (χ4n) is 2.66. The van der Waals surface area contributed by atoms with Crippen molar-refractivity contribution in [3.8, 4) is 0 Å². The van der Waals surface area contributed by atoms with Gasteiger partial charge in [0.2, 0.25) is 0 Å². The molecule has 0 aliphatic heterocycles. The van der Waals surface area contributed by atoms with Crippen LogP contribution < -0.4 is 5.32 Å². The minimum absolute atomic E-state index is 0.501. The summed E-state index contributed by atoms with van der Waals surface area (Å²) in [5.74, 6) is 0. The Hall–Kier alpha value is -1.75. The van der Waals surface area contributed by atoms with Crippen LogP contribution in [0.2, 0.25) is 0 Å². The molecule has 0 radical (unpaired) electrons. The van der Waals surface area contributed by atoms with Gasteiger partial charge >= 0.3 is 0 Å². The lowest BCUT2D eigenvalue weighted by Gasteiger charge is -2.21. The quantitative estimate of drug-likeness (QED) is 0.885. The summed E-state index contributed by atoms with van der Waals surface area (Å²) in [6.07, 6.45) is 14.7. The van der Waals surface area contributed by atoms with Crippen molar-refractivity contribution in [3.63, 3.8) is 0 Å². The van der Waals surface area contributed by atoms with E-state index >= 15 is 0 Å². The van der Waals surface area contributed by atoms with Crippen molar-refractivity contribution < 1.29 is 0 Å². The molecule has 3 rings (SSSR count). The van der Waals surface area contributed by atoms with Crippen molar-refractivity contribution in [2.45, 2.75) is 37.9 Å². The normalized spacial score (nSPS) is 23.3. The molecule has 94 valence electrons. The van der Waals surface area contributed by atoms with Gasteiger partial charge in [0, 0.05) is 49.6 Å². The fraction of sp³-hybridized carbons (Fsp3) is 0.462. The van der Waals surface area contributed by atoms with Gasteiger partial charge in [0.25, 0.3) is 0 Å². The SMILES string of the molecule is c1cnc(CNC2CCCC2n2ccnc2)cn1. The second-order valence-electron chi connectivity index (χ2n) is 4.69. The third kappa shape index (κ3) is 2.41. The molecule has 0 amide bonds. The summed E-state index contributed by atoms with van der Waals surface area (Å²) >= 11 is 0. The average Bonchev–Trinajstić information content (AvgIpc) is 3.08. The van der Waals surface area contributed by atoms with E-state index in [1.165, 1.54) is 19.3 Å². The maximum absolute atomic E-state index is 4.28. The Morgan fingerprint density at radius 2 is 2.22 bits per heavy atom. The largest absolute Gasteiger partial charge is 0.333 e. The smallest absolute Gasteiger partial charge is 0.0949 e. The zero-order chi connectivity index (χ0) is 12.2. The van der Waals surface area contributed by atoms with E-state index in [1.807, 2.05) is 24.9 Å². The van der Waals surface area contributed by atoms with Crippen LogP contribution in [0.1, 0.15) is 31.0 Å². The highest BCUT2D eigenvalue weighted by atomic mass is 15.1. The van der Waals surface area contributed by atoms with E-state index in [2.05, 4.69) is 24.8 Å². The van der Waals surface area contributed by atoms with E-state index in [0.717, 1.165) is 12.2 Å². The van der Waals surface area contributed by atoms with Crippen molar-refractivity contribution in [2.75, 3.05) is 0 Å². The number of rotatable bonds is 4. The van der Waals surface area contributed by atoms with Crippen molar-refractivity contribution in [3.05, 3.63) is 43.0 Å². The van der Waals surface area contributed by atoms with Crippen LogP contribution >= 0.6 is 0 Å². The van der Waals surface area contributed by atoms with Crippen LogP contribution in [0.15, 0.2) is 37.3 Å². The number of nitrogens with one attached hydrogen (secondary N) is 1. The molecule has 1 saturated carbocycles. The molecule has 0 saturated heterocycles. The predicted molar refractivity (Wildman–Crippen MR) is 67.8 cm³/mol. The highest BCUT2D eigenvalue weighted by Gasteiger charge is 2.27. The van der Waals surface area contributed by atoms with E-state index in [1.54, 1.807) is 12.4 Å². The highest BCUT2D eigenvalue weighted by molar-refractivity contribution is 4.97. The average molecular weight is 243 g/mol. The maximum atomic E-state index is 4.28. The first kappa shape index (κ1) is 11.3. The molecule has 0 bridgehead atoms. The molecule has 5 heteroatoms. The monoisotopic (exact) mass is 243 g/mol. The Kier molecular flexibility index (Phi) is 3.32. The van der Waals surface area contributed by atoms with E-state index in [0.29, 0.717) is 12.1 Å². The third-order valence-corrected chi connectivity index (χ3v) is 3.55. The number of imidazole rings is 1. The van der Waals surface area contributed by atoms with Crippen molar-refractivity contribution in [1.29, 1.82) is 0 Å². The molecule has 2 aromatic rings. The van der Waals surface area contributed by atoms with Crippen LogP contribution in [0, 0.1) is 0 Å². The van der Waals surface area contributed by atoms with Gasteiger partial charge in [-0.3, -0.25) is 9.97 Å². The summed E-state index contributed by atoms with van der Waals surface area (Å²) < 4.78 is 2.21. The Morgan fingerprint density at radius 3 is 3.00 bits per heavy atom. The van der Waals surface area contributed by atoms with E-state index in [-0.39, 0.29) is 0 Å². The Balaban J connectivity index is 1.62. The van der Waals surface area contributed by atoms with Gasteiger partial charge < -0.3 is 9.88 Å². The van der Waals surface area contributed by atoms with Gasteiger partial charge in [-0.25, -0.2) is 4.98 Å². The number of nitrogens with zero attached hydrogens (tertiary/aromatic N) is 4. The van der Waals surface area contributed by atoms with E-state index in [9.17, 15) is 0 Å². The zero-order valence-corrected chi connectivity index (χ0v) is 10.2. The molecule has 2 aromatic heterocycles. The first-order valence-corrected chi connectivity index (χ1v) is 6.39. The van der Waals surface area contributed by atoms with Crippen molar-refractivity contribution in [1.82, 2.24) is 24.8 Å². The van der Waals surface area contributed by atoms with Gasteiger partial charge in [0.15, 0.2) is 0 Å². The standard InChI is InChI=1S/C13H17N5/c1-2-12(13(3-1)18-7-6-15-10-18)17-9-11-8-14-4-5-16-11/h4-8,10,12-13,17H,1-3,9H2.